The quantitative estimate of drug-likeness (QED) is 0.833. The maximum Gasteiger partial charge on any atom is 0.120 e. The molecule has 0 aliphatic carbocycles. The second-order valence-electron chi connectivity index (χ2n) is 5.80. The van der Waals surface area contributed by atoms with Gasteiger partial charge in [0.25, 0.3) is 0 Å². The molecule has 1 N–H and O–H groups in total. The molecule has 2 heterocycles. The van der Waals surface area contributed by atoms with Crippen molar-refractivity contribution in [2.45, 2.75) is 39.8 Å². The lowest BCUT2D eigenvalue weighted by atomic mass is 9.99. The minimum atomic E-state index is 0.672. The molecule has 1 saturated heterocycles. The van der Waals surface area contributed by atoms with Gasteiger partial charge in [-0.15, -0.1) is 0 Å². The molecule has 1 fully saturated rings. The van der Waals surface area contributed by atoms with E-state index in [9.17, 15) is 0 Å². The molecule has 20 heavy (non-hydrogen) atoms. The van der Waals surface area contributed by atoms with Gasteiger partial charge in [-0.3, -0.25) is 4.90 Å². The third-order valence-corrected chi connectivity index (χ3v) is 3.99. The fourth-order valence-electron chi connectivity index (χ4n) is 2.97. The molecule has 0 aromatic carbocycles. The lowest BCUT2D eigenvalue weighted by Gasteiger charge is -2.31. The molecule has 4 nitrogen and oxygen atoms in total. The summed E-state index contributed by atoms with van der Waals surface area (Å²) in [5.41, 5.74) is 1.26. The summed E-state index contributed by atoms with van der Waals surface area (Å²) in [6.45, 7) is 10.1. The zero-order chi connectivity index (χ0) is 14.4. The van der Waals surface area contributed by atoms with E-state index in [1.807, 2.05) is 0 Å². The first-order valence-electron chi connectivity index (χ1n) is 7.73. The van der Waals surface area contributed by atoms with Crippen LogP contribution in [0.15, 0.2) is 10.5 Å². The highest BCUT2D eigenvalue weighted by Crippen LogP contribution is 2.21. The van der Waals surface area contributed by atoms with Crippen molar-refractivity contribution in [2.24, 2.45) is 5.92 Å². The van der Waals surface area contributed by atoms with Gasteiger partial charge in [-0.2, -0.15) is 0 Å². The van der Waals surface area contributed by atoms with Crippen LogP contribution >= 0.6 is 0 Å². The Labute approximate surface area is 122 Å². The fraction of sp³-hybridized carbons (Fsp3) is 0.750. The Morgan fingerprint density at radius 3 is 3.10 bits per heavy atom. The highest BCUT2D eigenvalue weighted by Gasteiger charge is 2.21. The first kappa shape index (κ1) is 15.5. The zero-order valence-corrected chi connectivity index (χ0v) is 13.1. The SMILES string of the molecule is CCNCc1oc(CN2CCCC(COC)C2)cc1C. The molecule has 0 saturated carbocycles. The largest absolute Gasteiger partial charge is 0.463 e. The smallest absolute Gasteiger partial charge is 0.120 e. The van der Waals surface area contributed by atoms with E-state index in [4.69, 9.17) is 9.15 Å². The predicted molar refractivity (Wildman–Crippen MR) is 80.7 cm³/mol. The lowest BCUT2D eigenvalue weighted by Crippen LogP contribution is -2.36. The Morgan fingerprint density at radius 2 is 2.35 bits per heavy atom. The van der Waals surface area contributed by atoms with Gasteiger partial charge in [0.15, 0.2) is 0 Å². The van der Waals surface area contributed by atoms with Gasteiger partial charge in [0.05, 0.1) is 19.7 Å². The van der Waals surface area contributed by atoms with E-state index in [0.717, 1.165) is 44.3 Å². The normalized spacial score (nSPS) is 20.4. The molecule has 1 aliphatic rings. The molecule has 4 heteroatoms. The second kappa shape index (κ2) is 7.81. The van der Waals surface area contributed by atoms with Crippen LogP contribution in [-0.4, -0.2) is 38.3 Å². The summed E-state index contributed by atoms with van der Waals surface area (Å²) in [5, 5.41) is 3.32. The van der Waals surface area contributed by atoms with Crippen molar-refractivity contribution < 1.29 is 9.15 Å². The van der Waals surface area contributed by atoms with Crippen molar-refractivity contribution >= 4 is 0 Å². The maximum absolute atomic E-state index is 5.98. The monoisotopic (exact) mass is 280 g/mol. The maximum atomic E-state index is 5.98. The molecular weight excluding hydrogens is 252 g/mol. The van der Waals surface area contributed by atoms with Crippen molar-refractivity contribution in [3.8, 4) is 0 Å². The van der Waals surface area contributed by atoms with Crippen molar-refractivity contribution in [3.05, 3.63) is 23.2 Å². The van der Waals surface area contributed by atoms with E-state index >= 15 is 0 Å². The average Bonchev–Trinajstić information content (AvgIpc) is 2.77. The number of furan rings is 1. The molecule has 1 aromatic heterocycles. The predicted octanol–water partition coefficient (Wildman–Crippen LogP) is 2.56. The van der Waals surface area contributed by atoms with Crippen LogP contribution in [0, 0.1) is 12.8 Å². The molecule has 1 aromatic rings. The first-order valence-corrected chi connectivity index (χ1v) is 7.73. The number of hydrogen-bond acceptors (Lipinski definition) is 4. The molecule has 0 radical (unpaired) electrons. The summed E-state index contributed by atoms with van der Waals surface area (Å²) in [7, 11) is 1.79. The van der Waals surface area contributed by atoms with Crippen molar-refractivity contribution in [2.75, 3.05) is 33.4 Å². The third-order valence-electron chi connectivity index (χ3n) is 3.99. The molecule has 0 amide bonds. The van der Waals surface area contributed by atoms with Gasteiger partial charge in [0.1, 0.15) is 11.5 Å². The number of hydrogen-bond donors (Lipinski definition) is 1. The van der Waals surface area contributed by atoms with Gasteiger partial charge in [-0.1, -0.05) is 6.92 Å². The molecule has 2 rings (SSSR count). The van der Waals surface area contributed by atoms with Crippen LogP contribution in [0.2, 0.25) is 0 Å². The number of nitrogens with one attached hydrogen (secondary N) is 1. The molecule has 114 valence electrons. The van der Waals surface area contributed by atoms with E-state index < -0.39 is 0 Å². The standard InChI is InChI=1S/C16H28N2O2/c1-4-17-9-16-13(2)8-15(20-16)11-18-7-5-6-14(10-18)12-19-3/h8,14,17H,4-7,9-12H2,1-3H3. The van der Waals surface area contributed by atoms with E-state index in [1.54, 1.807) is 7.11 Å². The van der Waals surface area contributed by atoms with Gasteiger partial charge in [0.2, 0.25) is 0 Å². The number of piperidine rings is 1. The number of ether oxygens (including phenoxy) is 1. The first-order chi connectivity index (χ1) is 9.72. The van der Waals surface area contributed by atoms with E-state index in [0.29, 0.717) is 5.92 Å². The molecule has 1 atom stereocenters. The van der Waals surface area contributed by atoms with Crippen LogP contribution in [0.3, 0.4) is 0 Å². The van der Waals surface area contributed by atoms with Gasteiger partial charge in [0, 0.05) is 13.7 Å². The van der Waals surface area contributed by atoms with Crippen molar-refractivity contribution in [3.63, 3.8) is 0 Å². The van der Waals surface area contributed by atoms with Crippen LogP contribution in [0.5, 0.6) is 0 Å². The molecule has 1 aliphatic heterocycles. The zero-order valence-electron chi connectivity index (χ0n) is 13.1. The topological polar surface area (TPSA) is 37.6 Å². The van der Waals surface area contributed by atoms with Gasteiger partial charge >= 0.3 is 0 Å². The Bertz CT molecular complexity index is 401. The fourth-order valence-corrected chi connectivity index (χ4v) is 2.97. The van der Waals surface area contributed by atoms with Crippen LogP contribution in [-0.2, 0) is 17.8 Å². The number of aryl methyl sites for hydroxylation is 1. The number of nitrogens with zero attached hydrogens (tertiary/aromatic N) is 1. The van der Waals surface area contributed by atoms with Gasteiger partial charge in [-0.05, 0) is 50.4 Å². The van der Waals surface area contributed by atoms with Crippen LogP contribution in [0.1, 0.15) is 36.8 Å². The van der Waals surface area contributed by atoms with E-state index in [-0.39, 0.29) is 0 Å². The van der Waals surface area contributed by atoms with Gasteiger partial charge < -0.3 is 14.5 Å². The van der Waals surface area contributed by atoms with Crippen LogP contribution < -0.4 is 5.32 Å². The summed E-state index contributed by atoms with van der Waals surface area (Å²) in [5.74, 6) is 2.84. The molecule has 1 unspecified atom stereocenters. The van der Waals surface area contributed by atoms with Crippen molar-refractivity contribution in [1.29, 1.82) is 0 Å². The summed E-state index contributed by atoms with van der Waals surface area (Å²) in [4.78, 5) is 2.49. The van der Waals surface area contributed by atoms with E-state index in [2.05, 4.69) is 30.1 Å². The Hall–Kier alpha value is -0.840. The highest BCUT2D eigenvalue weighted by molar-refractivity contribution is 5.20. The molecular formula is C16H28N2O2. The summed E-state index contributed by atoms with van der Waals surface area (Å²) >= 11 is 0. The Morgan fingerprint density at radius 1 is 1.50 bits per heavy atom. The molecule has 0 spiro atoms. The van der Waals surface area contributed by atoms with Crippen molar-refractivity contribution in [1.82, 2.24) is 10.2 Å². The third kappa shape index (κ3) is 4.33. The second-order valence-corrected chi connectivity index (χ2v) is 5.80. The summed E-state index contributed by atoms with van der Waals surface area (Å²) in [6, 6.07) is 2.19. The van der Waals surface area contributed by atoms with Crippen LogP contribution in [0.4, 0.5) is 0 Å². The highest BCUT2D eigenvalue weighted by atomic mass is 16.5. The molecule has 0 bridgehead atoms. The average molecular weight is 280 g/mol. The summed E-state index contributed by atoms with van der Waals surface area (Å²) in [6.07, 6.45) is 2.55. The Balaban J connectivity index is 1.89. The minimum Gasteiger partial charge on any atom is -0.463 e. The minimum absolute atomic E-state index is 0.672. The van der Waals surface area contributed by atoms with Gasteiger partial charge in [-0.25, -0.2) is 0 Å². The summed E-state index contributed by atoms with van der Waals surface area (Å²) < 4.78 is 11.3. The van der Waals surface area contributed by atoms with Crippen LogP contribution in [0.25, 0.3) is 0 Å². The number of methoxy groups -OCH3 is 1. The lowest BCUT2D eigenvalue weighted by molar-refractivity contribution is 0.0838. The Kier molecular flexibility index (Phi) is 6.07. The number of rotatable bonds is 7. The number of likely N-dealkylation sites (tertiary alicyclic amines) is 1. The van der Waals surface area contributed by atoms with E-state index in [1.165, 1.54) is 24.9 Å².